The molecule has 0 aliphatic carbocycles. The molecule has 0 saturated heterocycles. The average molecular weight is 408 g/mol. The van der Waals surface area contributed by atoms with Gasteiger partial charge in [0.1, 0.15) is 11.3 Å². The zero-order chi connectivity index (χ0) is 21.7. The highest BCUT2D eigenvalue weighted by Gasteiger charge is 2.36. The lowest BCUT2D eigenvalue weighted by Gasteiger charge is -2.25. The van der Waals surface area contributed by atoms with Gasteiger partial charge in [-0.15, -0.1) is 0 Å². The topological polar surface area (TPSA) is 124 Å². The van der Waals surface area contributed by atoms with Gasteiger partial charge in [0.2, 0.25) is 5.75 Å². The fraction of sp³-hybridized carbons (Fsp3) is 0.350. The van der Waals surface area contributed by atoms with Gasteiger partial charge < -0.3 is 39.0 Å². The van der Waals surface area contributed by atoms with Crippen LogP contribution < -0.4 is 14.2 Å². The van der Waals surface area contributed by atoms with Crippen LogP contribution in [-0.2, 0) is 9.47 Å². The number of ketones is 1. The molecule has 0 radical (unpaired) electrons. The van der Waals surface area contributed by atoms with Crippen molar-refractivity contribution in [1.29, 1.82) is 0 Å². The van der Waals surface area contributed by atoms with Gasteiger partial charge in [-0.2, -0.15) is 0 Å². The van der Waals surface area contributed by atoms with Crippen molar-refractivity contribution in [2.45, 2.75) is 12.2 Å². The third-order valence-electron chi connectivity index (χ3n) is 4.45. The molecule has 9 nitrogen and oxygen atoms in total. The van der Waals surface area contributed by atoms with Gasteiger partial charge in [-0.25, -0.2) is 0 Å². The van der Waals surface area contributed by atoms with Crippen LogP contribution in [-0.4, -0.2) is 62.9 Å². The molecule has 0 bridgehead atoms. The molecule has 0 fully saturated rings. The van der Waals surface area contributed by atoms with Gasteiger partial charge in [0, 0.05) is 20.3 Å². The molecule has 0 amide bonds. The number of hydrogen-bond acceptors (Lipinski definition) is 9. The van der Waals surface area contributed by atoms with Crippen molar-refractivity contribution in [2.24, 2.45) is 0 Å². The second-order valence-electron chi connectivity index (χ2n) is 5.97. The molecule has 0 saturated carbocycles. The van der Waals surface area contributed by atoms with Crippen molar-refractivity contribution < 1.29 is 43.8 Å². The van der Waals surface area contributed by atoms with Gasteiger partial charge in [-0.1, -0.05) is 6.07 Å². The van der Waals surface area contributed by atoms with Gasteiger partial charge in [0.05, 0.1) is 27.2 Å². The summed E-state index contributed by atoms with van der Waals surface area (Å²) in [7, 11) is 6.63. The van der Waals surface area contributed by atoms with Crippen molar-refractivity contribution in [2.75, 3.05) is 35.5 Å². The molecule has 1 atom stereocenters. The standard InChI is InChI=1S/C20H24O9/c1-25-13-7-6-10(8-11(13)21)15(20(28-4)29-5)18(24)16-12(22)9-14(26-2)17(23)19(16)27-3/h6-9,15,20-23H,1-5H3. The van der Waals surface area contributed by atoms with Crippen molar-refractivity contribution in [3.63, 3.8) is 0 Å². The third kappa shape index (κ3) is 4.15. The zero-order valence-electron chi connectivity index (χ0n) is 16.8. The number of rotatable bonds is 9. The smallest absolute Gasteiger partial charge is 0.201 e. The molecule has 2 rings (SSSR count). The highest BCUT2D eigenvalue weighted by atomic mass is 16.7. The van der Waals surface area contributed by atoms with E-state index in [0.717, 1.165) is 6.07 Å². The van der Waals surface area contributed by atoms with E-state index in [1.807, 2.05) is 0 Å². The zero-order valence-corrected chi connectivity index (χ0v) is 16.8. The summed E-state index contributed by atoms with van der Waals surface area (Å²) in [5, 5.41) is 30.9. The molecule has 9 heteroatoms. The summed E-state index contributed by atoms with van der Waals surface area (Å²) >= 11 is 0. The van der Waals surface area contributed by atoms with E-state index in [0.29, 0.717) is 5.56 Å². The molecule has 0 heterocycles. The molecule has 3 N–H and O–H groups in total. The van der Waals surface area contributed by atoms with E-state index in [1.54, 1.807) is 6.07 Å². The molecule has 1 unspecified atom stereocenters. The monoisotopic (exact) mass is 408 g/mol. The molecule has 0 aliphatic rings. The number of carbonyl (C=O) groups is 1. The highest BCUT2D eigenvalue weighted by Crippen LogP contribution is 2.46. The van der Waals surface area contributed by atoms with Gasteiger partial charge in [0.25, 0.3) is 0 Å². The maximum Gasteiger partial charge on any atom is 0.201 e. The number of aromatic hydroxyl groups is 3. The van der Waals surface area contributed by atoms with Crippen LogP contribution in [0.2, 0.25) is 0 Å². The molecular weight excluding hydrogens is 384 g/mol. The summed E-state index contributed by atoms with van der Waals surface area (Å²) in [6.07, 6.45) is -1.07. The number of phenolic OH excluding ortho intramolecular Hbond substituents is 3. The molecule has 0 aliphatic heterocycles. The first-order valence-electron chi connectivity index (χ1n) is 8.48. The van der Waals surface area contributed by atoms with Gasteiger partial charge in [0.15, 0.2) is 35.1 Å². The van der Waals surface area contributed by atoms with Gasteiger partial charge in [-0.05, 0) is 17.7 Å². The van der Waals surface area contributed by atoms with E-state index >= 15 is 0 Å². The molecule has 0 aromatic heterocycles. The van der Waals surface area contributed by atoms with Crippen LogP contribution in [0.4, 0.5) is 0 Å². The number of Topliss-reactive ketones (excluding diaryl/α,β-unsaturated/α-hetero) is 1. The molecule has 2 aromatic carbocycles. The van der Waals surface area contributed by atoms with E-state index in [-0.39, 0.29) is 28.6 Å². The number of methoxy groups -OCH3 is 5. The van der Waals surface area contributed by atoms with Crippen molar-refractivity contribution >= 4 is 5.78 Å². The predicted octanol–water partition coefficient (Wildman–Crippen LogP) is 2.41. The Hall–Kier alpha value is -3.17. The minimum atomic E-state index is -1.12. The lowest BCUT2D eigenvalue weighted by Crippen LogP contribution is -2.30. The Morgan fingerprint density at radius 1 is 0.828 bits per heavy atom. The lowest BCUT2D eigenvalue weighted by atomic mass is 9.88. The first kappa shape index (κ1) is 22.1. The fourth-order valence-corrected chi connectivity index (χ4v) is 3.06. The van der Waals surface area contributed by atoms with Gasteiger partial charge >= 0.3 is 0 Å². The maximum absolute atomic E-state index is 13.5. The summed E-state index contributed by atoms with van der Waals surface area (Å²) < 4.78 is 25.7. The van der Waals surface area contributed by atoms with E-state index in [1.165, 1.54) is 47.7 Å². The van der Waals surface area contributed by atoms with Crippen LogP contribution in [0.1, 0.15) is 21.8 Å². The molecule has 0 spiro atoms. The minimum Gasteiger partial charge on any atom is -0.507 e. The molecule has 29 heavy (non-hydrogen) atoms. The number of hydrogen-bond donors (Lipinski definition) is 3. The van der Waals surface area contributed by atoms with Crippen LogP contribution in [0.25, 0.3) is 0 Å². The van der Waals surface area contributed by atoms with Crippen LogP contribution in [0.5, 0.6) is 34.5 Å². The first-order chi connectivity index (χ1) is 13.8. The third-order valence-corrected chi connectivity index (χ3v) is 4.45. The molecular formula is C20H24O9. The Morgan fingerprint density at radius 3 is 1.93 bits per heavy atom. The quantitative estimate of drug-likeness (QED) is 0.326. The van der Waals surface area contributed by atoms with Gasteiger partial charge in [-0.3, -0.25) is 4.79 Å². The lowest BCUT2D eigenvalue weighted by molar-refractivity contribution is -0.110. The second-order valence-corrected chi connectivity index (χ2v) is 5.97. The summed E-state index contributed by atoms with van der Waals surface area (Å²) in [6, 6.07) is 5.47. The normalized spacial score (nSPS) is 11.9. The van der Waals surface area contributed by atoms with E-state index < -0.39 is 29.5 Å². The number of benzene rings is 2. The highest BCUT2D eigenvalue weighted by molar-refractivity contribution is 6.06. The Bertz CT molecular complexity index is 875. The Kier molecular flexibility index (Phi) is 7.13. The first-order valence-corrected chi connectivity index (χ1v) is 8.48. The van der Waals surface area contributed by atoms with Crippen molar-refractivity contribution in [3.05, 3.63) is 35.4 Å². The summed E-state index contributed by atoms with van der Waals surface area (Å²) in [5.41, 5.74) is 0.0453. The Balaban J connectivity index is 2.68. The Morgan fingerprint density at radius 2 is 1.45 bits per heavy atom. The van der Waals surface area contributed by atoms with E-state index in [2.05, 4.69) is 0 Å². The predicted molar refractivity (Wildman–Crippen MR) is 102 cm³/mol. The largest absolute Gasteiger partial charge is 0.507 e. The SMILES string of the molecule is COc1ccc(C(C(=O)c2c(O)cc(OC)c(O)c2OC)C(OC)OC)cc1O. The summed E-state index contributed by atoms with van der Waals surface area (Å²) in [5.74, 6) is -3.00. The average Bonchev–Trinajstić information content (AvgIpc) is 2.72. The van der Waals surface area contributed by atoms with Crippen LogP contribution in [0.15, 0.2) is 24.3 Å². The second kappa shape index (κ2) is 9.35. The van der Waals surface area contributed by atoms with Crippen molar-refractivity contribution in [3.8, 4) is 34.5 Å². The fourth-order valence-electron chi connectivity index (χ4n) is 3.06. The van der Waals surface area contributed by atoms with Crippen LogP contribution in [0.3, 0.4) is 0 Å². The van der Waals surface area contributed by atoms with E-state index in [9.17, 15) is 20.1 Å². The molecule has 158 valence electrons. The van der Waals surface area contributed by atoms with E-state index in [4.69, 9.17) is 23.7 Å². The minimum absolute atomic E-state index is 0.0652. The number of phenols is 3. The summed E-state index contributed by atoms with van der Waals surface area (Å²) in [6.45, 7) is 0. The van der Waals surface area contributed by atoms with Crippen LogP contribution >= 0.6 is 0 Å². The van der Waals surface area contributed by atoms with Crippen LogP contribution in [0, 0.1) is 0 Å². The van der Waals surface area contributed by atoms with Crippen molar-refractivity contribution in [1.82, 2.24) is 0 Å². The number of carbonyl (C=O) groups excluding carboxylic acids is 1. The summed E-state index contributed by atoms with van der Waals surface area (Å²) in [4.78, 5) is 13.5. The number of ether oxygens (including phenoxy) is 5. The Labute approximate surface area is 168 Å². The molecule has 2 aromatic rings. The maximum atomic E-state index is 13.5.